The minimum absolute atomic E-state index is 0.0489. The highest BCUT2D eigenvalue weighted by atomic mass is 32.2. The molecule has 10 nitrogen and oxygen atoms in total. The molecule has 3 N–H and O–H groups in total. The lowest BCUT2D eigenvalue weighted by Gasteiger charge is -2.28. The van der Waals surface area contributed by atoms with Crippen molar-refractivity contribution >= 4 is 40.6 Å². The van der Waals surface area contributed by atoms with Gasteiger partial charge in [0, 0.05) is 29.2 Å². The zero-order valence-corrected chi connectivity index (χ0v) is 23.8. The fourth-order valence-electron chi connectivity index (χ4n) is 4.68. The van der Waals surface area contributed by atoms with Crippen LogP contribution in [0.5, 0.6) is 0 Å². The van der Waals surface area contributed by atoms with Crippen LogP contribution in [0.15, 0.2) is 81.1 Å². The van der Waals surface area contributed by atoms with Gasteiger partial charge in [0.2, 0.25) is 5.91 Å². The first-order chi connectivity index (χ1) is 19.6. The molecule has 1 aromatic heterocycles. The van der Waals surface area contributed by atoms with Crippen LogP contribution in [-0.2, 0) is 16.0 Å². The second kappa shape index (κ2) is 12.6. The molecule has 0 unspecified atom stereocenters. The minimum Gasteiger partial charge on any atom is -0.468 e. The number of hydrogen-bond donors (Lipinski definition) is 3. The highest BCUT2D eigenvalue weighted by Gasteiger charge is 2.36. The van der Waals surface area contributed by atoms with Crippen molar-refractivity contribution in [3.63, 3.8) is 0 Å². The summed E-state index contributed by atoms with van der Waals surface area (Å²) >= 11 is 1.12. The standard InChI is InChI=1S/C30H29N5O5S/c1-5-20-9-6-8-17(2)28(20)34-29(37)26-19(4)32-30(22(15-31)27(26)24-10-7-13-40-24)41-16-25(36)33-23-12-11-21(35(38)39)14-18(23)3/h6-14,27,32H,5,16H2,1-4H3,(H,33,36)(H,34,37)/t27-/m1/s1. The van der Waals surface area contributed by atoms with Crippen molar-refractivity contribution in [1.82, 2.24) is 5.32 Å². The van der Waals surface area contributed by atoms with Crippen LogP contribution in [-0.4, -0.2) is 22.5 Å². The number of anilines is 2. The number of dihydropyridines is 1. The van der Waals surface area contributed by atoms with Gasteiger partial charge in [-0.15, -0.1) is 0 Å². The Morgan fingerprint density at radius 2 is 1.90 bits per heavy atom. The Kier molecular flexibility index (Phi) is 8.94. The number of amides is 2. The Morgan fingerprint density at radius 1 is 1.12 bits per heavy atom. The number of nitro benzene ring substituents is 1. The molecular formula is C30H29N5O5S. The van der Waals surface area contributed by atoms with Gasteiger partial charge >= 0.3 is 0 Å². The Balaban J connectivity index is 1.59. The molecule has 11 heteroatoms. The molecule has 210 valence electrons. The van der Waals surface area contributed by atoms with Gasteiger partial charge in [0.25, 0.3) is 11.6 Å². The second-order valence-corrected chi connectivity index (χ2v) is 10.5. The van der Waals surface area contributed by atoms with Crippen molar-refractivity contribution in [1.29, 1.82) is 5.26 Å². The molecule has 0 fully saturated rings. The lowest BCUT2D eigenvalue weighted by Crippen LogP contribution is -2.31. The molecule has 1 aliphatic heterocycles. The first-order valence-corrected chi connectivity index (χ1v) is 13.9. The lowest BCUT2D eigenvalue weighted by atomic mass is 9.85. The Labute approximate surface area is 241 Å². The van der Waals surface area contributed by atoms with Gasteiger partial charge in [0.15, 0.2) is 0 Å². The van der Waals surface area contributed by atoms with Crippen molar-refractivity contribution in [2.45, 2.75) is 40.0 Å². The molecule has 3 aromatic rings. The molecule has 1 aliphatic rings. The summed E-state index contributed by atoms with van der Waals surface area (Å²) in [6, 6.07) is 15.7. The van der Waals surface area contributed by atoms with E-state index in [0.29, 0.717) is 33.3 Å². The van der Waals surface area contributed by atoms with Crippen LogP contribution < -0.4 is 16.0 Å². The summed E-state index contributed by atoms with van der Waals surface area (Å²) < 4.78 is 5.68. The van der Waals surface area contributed by atoms with Crippen LogP contribution in [0.4, 0.5) is 17.1 Å². The average molecular weight is 572 g/mol. The number of benzene rings is 2. The van der Waals surface area contributed by atoms with E-state index in [1.165, 1.54) is 24.5 Å². The normalized spacial score (nSPS) is 14.8. The SMILES string of the molecule is CCc1cccc(C)c1NC(=O)C1=C(C)NC(SCC(=O)Nc2ccc([N+](=O)[O-])cc2C)=C(C#N)[C@@H]1c1ccco1. The third-order valence-corrected chi connectivity index (χ3v) is 7.76. The highest BCUT2D eigenvalue weighted by molar-refractivity contribution is 8.03. The molecule has 0 radical (unpaired) electrons. The Bertz CT molecular complexity index is 1620. The highest BCUT2D eigenvalue weighted by Crippen LogP contribution is 2.41. The number of thioether (sulfide) groups is 1. The molecule has 1 atom stereocenters. The number of allylic oxidation sites excluding steroid dienone is 2. The van der Waals surface area contributed by atoms with E-state index in [-0.39, 0.29) is 28.8 Å². The van der Waals surface area contributed by atoms with Crippen LogP contribution in [0.3, 0.4) is 0 Å². The number of nitriles is 1. The molecule has 41 heavy (non-hydrogen) atoms. The summed E-state index contributed by atoms with van der Waals surface area (Å²) in [5.41, 5.74) is 4.73. The number of non-ortho nitro benzene ring substituents is 1. The number of nitro groups is 1. The van der Waals surface area contributed by atoms with E-state index in [4.69, 9.17) is 4.42 Å². The summed E-state index contributed by atoms with van der Waals surface area (Å²) in [6.07, 6.45) is 2.22. The van der Waals surface area contributed by atoms with E-state index in [1.807, 2.05) is 32.0 Å². The fourth-order valence-corrected chi connectivity index (χ4v) is 5.57. The van der Waals surface area contributed by atoms with Gasteiger partial charge < -0.3 is 20.4 Å². The van der Waals surface area contributed by atoms with Crippen molar-refractivity contribution in [3.8, 4) is 6.07 Å². The minimum atomic E-state index is -0.784. The summed E-state index contributed by atoms with van der Waals surface area (Å²) in [7, 11) is 0. The van der Waals surface area contributed by atoms with E-state index in [1.54, 1.807) is 26.0 Å². The number of rotatable bonds is 9. The molecule has 0 saturated carbocycles. The van der Waals surface area contributed by atoms with Gasteiger partial charge in [-0.05, 0) is 62.1 Å². The maximum atomic E-state index is 13.7. The van der Waals surface area contributed by atoms with E-state index in [9.17, 15) is 25.0 Å². The molecule has 2 amide bonds. The number of carbonyl (C=O) groups excluding carboxylic acids is 2. The summed E-state index contributed by atoms with van der Waals surface area (Å²) in [4.78, 5) is 37.0. The van der Waals surface area contributed by atoms with Gasteiger partial charge in [-0.25, -0.2) is 0 Å². The number of hydrogen-bond acceptors (Lipinski definition) is 8. The number of para-hydroxylation sites is 1. The number of furan rings is 1. The second-order valence-electron chi connectivity index (χ2n) is 9.48. The topological polar surface area (TPSA) is 150 Å². The van der Waals surface area contributed by atoms with Crippen LogP contribution in [0.25, 0.3) is 0 Å². The molecular weight excluding hydrogens is 542 g/mol. The first-order valence-electron chi connectivity index (χ1n) is 12.9. The van der Waals surface area contributed by atoms with E-state index in [0.717, 1.165) is 35.0 Å². The third-order valence-electron chi connectivity index (χ3n) is 6.74. The first kappa shape index (κ1) is 29.2. The van der Waals surface area contributed by atoms with Gasteiger partial charge in [-0.1, -0.05) is 36.9 Å². The molecule has 0 bridgehead atoms. The Hall–Kier alpha value is -4.82. The van der Waals surface area contributed by atoms with Crippen molar-refractivity contribution in [2.24, 2.45) is 0 Å². The van der Waals surface area contributed by atoms with Crippen LogP contribution in [0, 0.1) is 35.3 Å². The zero-order valence-electron chi connectivity index (χ0n) is 23.0. The molecule has 0 spiro atoms. The predicted octanol–water partition coefficient (Wildman–Crippen LogP) is 6.07. The largest absolute Gasteiger partial charge is 0.468 e. The maximum Gasteiger partial charge on any atom is 0.269 e. The van der Waals surface area contributed by atoms with E-state index >= 15 is 0 Å². The predicted molar refractivity (Wildman–Crippen MR) is 158 cm³/mol. The lowest BCUT2D eigenvalue weighted by molar-refractivity contribution is -0.384. The fraction of sp³-hybridized carbons (Fsp3) is 0.233. The number of nitrogens with zero attached hydrogens (tertiary/aromatic N) is 2. The monoisotopic (exact) mass is 571 g/mol. The van der Waals surface area contributed by atoms with Gasteiger partial charge in [-0.2, -0.15) is 5.26 Å². The summed E-state index contributed by atoms with van der Waals surface area (Å²) in [6.45, 7) is 7.36. The molecule has 0 saturated heterocycles. The van der Waals surface area contributed by atoms with E-state index < -0.39 is 10.8 Å². The zero-order chi connectivity index (χ0) is 29.7. The van der Waals surface area contributed by atoms with Crippen molar-refractivity contribution in [2.75, 3.05) is 16.4 Å². The summed E-state index contributed by atoms with van der Waals surface area (Å²) in [5, 5.41) is 30.6. The average Bonchev–Trinajstić information content (AvgIpc) is 3.48. The van der Waals surface area contributed by atoms with Gasteiger partial charge in [-0.3, -0.25) is 19.7 Å². The maximum absolute atomic E-state index is 13.7. The molecule has 2 heterocycles. The number of nitrogens with one attached hydrogen (secondary N) is 3. The Morgan fingerprint density at radius 3 is 2.54 bits per heavy atom. The van der Waals surface area contributed by atoms with Gasteiger partial charge in [0.05, 0.1) is 45.1 Å². The van der Waals surface area contributed by atoms with Crippen molar-refractivity contribution < 1.29 is 18.9 Å². The van der Waals surface area contributed by atoms with E-state index in [2.05, 4.69) is 22.0 Å². The molecule has 0 aliphatic carbocycles. The number of carbonyl (C=O) groups is 2. The number of aryl methyl sites for hydroxylation is 3. The molecule has 2 aromatic carbocycles. The van der Waals surface area contributed by atoms with Crippen LogP contribution in [0.1, 0.15) is 42.2 Å². The van der Waals surface area contributed by atoms with Crippen molar-refractivity contribution in [3.05, 3.63) is 109 Å². The molecule has 4 rings (SSSR count). The quantitative estimate of drug-likeness (QED) is 0.207. The van der Waals surface area contributed by atoms with Crippen LogP contribution >= 0.6 is 11.8 Å². The van der Waals surface area contributed by atoms with Crippen LogP contribution in [0.2, 0.25) is 0 Å². The smallest absolute Gasteiger partial charge is 0.269 e. The summed E-state index contributed by atoms with van der Waals surface area (Å²) in [5.74, 6) is -1.12. The van der Waals surface area contributed by atoms with Gasteiger partial charge in [0.1, 0.15) is 5.76 Å². The third kappa shape index (κ3) is 6.34.